The Morgan fingerprint density at radius 2 is 2.29 bits per heavy atom. The first-order valence-electron chi connectivity index (χ1n) is 5.83. The fourth-order valence-electron chi connectivity index (χ4n) is 2.08. The van der Waals surface area contributed by atoms with Crippen LogP contribution in [0.15, 0.2) is 35.2 Å². The Kier molecular flexibility index (Phi) is 4.11. The second-order valence-electron chi connectivity index (χ2n) is 4.12. The van der Waals surface area contributed by atoms with Crippen LogP contribution in [0, 0.1) is 11.3 Å². The molecule has 3 heteroatoms. The topological polar surface area (TPSA) is 35.8 Å². The van der Waals surface area contributed by atoms with Crippen molar-refractivity contribution in [3.63, 3.8) is 0 Å². The first-order chi connectivity index (χ1) is 8.35. The van der Waals surface area contributed by atoms with Gasteiger partial charge in [-0.25, -0.2) is 0 Å². The fraction of sp³-hybridized carbons (Fsp3) is 0.357. The van der Waals surface area contributed by atoms with Crippen LogP contribution in [0.5, 0.6) is 0 Å². The van der Waals surface area contributed by atoms with E-state index in [1.165, 1.54) is 0 Å². The van der Waals surface area contributed by atoms with Crippen LogP contribution in [0.4, 0.5) is 5.69 Å². The monoisotopic (exact) mass is 244 g/mol. The highest BCUT2D eigenvalue weighted by molar-refractivity contribution is 7.98. The molecule has 88 valence electrons. The minimum atomic E-state index is 0.462. The van der Waals surface area contributed by atoms with Gasteiger partial charge < -0.3 is 5.32 Å². The molecule has 0 spiro atoms. The van der Waals surface area contributed by atoms with Crippen LogP contribution in [-0.4, -0.2) is 12.3 Å². The number of hydrogen-bond donors (Lipinski definition) is 1. The van der Waals surface area contributed by atoms with Gasteiger partial charge in [0.1, 0.15) is 6.07 Å². The first-order valence-corrected chi connectivity index (χ1v) is 7.06. The molecule has 1 aliphatic carbocycles. The smallest absolute Gasteiger partial charge is 0.102 e. The van der Waals surface area contributed by atoms with Crippen LogP contribution in [0.3, 0.4) is 0 Å². The molecular weight excluding hydrogens is 228 g/mol. The van der Waals surface area contributed by atoms with Gasteiger partial charge in [-0.2, -0.15) is 5.26 Å². The predicted octanol–water partition coefficient (Wildman–Crippen LogP) is 3.80. The van der Waals surface area contributed by atoms with Crippen molar-refractivity contribution in [2.24, 2.45) is 0 Å². The van der Waals surface area contributed by atoms with Crippen molar-refractivity contribution < 1.29 is 0 Å². The average molecular weight is 244 g/mol. The van der Waals surface area contributed by atoms with E-state index in [2.05, 4.69) is 23.5 Å². The van der Waals surface area contributed by atoms with Crippen LogP contribution < -0.4 is 5.32 Å². The van der Waals surface area contributed by atoms with E-state index in [0.29, 0.717) is 6.04 Å². The number of hydrogen-bond acceptors (Lipinski definition) is 3. The number of nitriles is 1. The number of nitrogens with one attached hydrogen (secondary N) is 1. The van der Waals surface area contributed by atoms with Crippen molar-refractivity contribution in [3.05, 3.63) is 35.9 Å². The van der Waals surface area contributed by atoms with E-state index in [0.717, 1.165) is 35.4 Å². The summed E-state index contributed by atoms with van der Waals surface area (Å²) >= 11 is 1.62. The Bertz CT molecular complexity index is 460. The molecule has 0 saturated carbocycles. The third-order valence-corrected chi connectivity index (χ3v) is 3.77. The summed E-state index contributed by atoms with van der Waals surface area (Å²) in [6, 6.07) is 8.77. The molecule has 0 fully saturated rings. The maximum absolute atomic E-state index is 9.24. The molecule has 1 N–H and O–H groups in total. The molecule has 2 rings (SSSR count). The van der Waals surface area contributed by atoms with Crippen molar-refractivity contribution in [2.45, 2.75) is 30.2 Å². The molecule has 0 radical (unpaired) electrons. The maximum atomic E-state index is 9.24. The molecule has 0 saturated heterocycles. The van der Waals surface area contributed by atoms with E-state index in [1.54, 1.807) is 11.8 Å². The number of benzene rings is 1. The van der Waals surface area contributed by atoms with Crippen molar-refractivity contribution >= 4 is 17.4 Å². The van der Waals surface area contributed by atoms with Crippen molar-refractivity contribution in [1.29, 1.82) is 5.26 Å². The number of rotatable bonds is 3. The Balaban J connectivity index is 2.20. The number of thioether (sulfide) groups is 1. The summed E-state index contributed by atoms with van der Waals surface area (Å²) in [5.74, 6) is 0. The molecule has 1 aromatic carbocycles. The maximum Gasteiger partial charge on any atom is 0.102 e. The molecule has 0 heterocycles. The molecule has 1 aromatic rings. The van der Waals surface area contributed by atoms with Crippen LogP contribution in [-0.2, 0) is 0 Å². The van der Waals surface area contributed by atoms with E-state index in [9.17, 15) is 5.26 Å². The number of nitrogens with zero attached hydrogens (tertiary/aromatic N) is 1. The lowest BCUT2D eigenvalue weighted by Gasteiger charge is -2.21. The van der Waals surface area contributed by atoms with Gasteiger partial charge in [0.25, 0.3) is 0 Å². The largest absolute Gasteiger partial charge is 0.381 e. The van der Waals surface area contributed by atoms with Crippen molar-refractivity contribution in [3.8, 4) is 6.07 Å². The molecule has 0 bridgehead atoms. The molecule has 17 heavy (non-hydrogen) atoms. The zero-order chi connectivity index (χ0) is 12.1. The third-order valence-electron chi connectivity index (χ3n) is 2.99. The van der Waals surface area contributed by atoms with Gasteiger partial charge in [0.2, 0.25) is 0 Å². The van der Waals surface area contributed by atoms with Crippen LogP contribution in [0.2, 0.25) is 0 Å². The van der Waals surface area contributed by atoms with E-state index in [4.69, 9.17) is 0 Å². The summed E-state index contributed by atoms with van der Waals surface area (Å²) in [4.78, 5) is 1.05. The van der Waals surface area contributed by atoms with Gasteiger partial charge in [-0.1, -0.05) is 18.2 Å². The normalized spacial score (nSPS) is 18.7. The first kappa shape index (κ1) is 12.1. The summed E-state index contributed by atoms with van der Waals surface area (Å²) in [7, 11) is 0. The molecule has 2 nitrogen and oxygen atoms in total. The highest BCUT2D eigenvalue weighted by Crippen LogP contribution is 2.28. The predicted molar refractivity (Wildman–Crippen MR) is 73.3 cm³/mol. The molecule has 0 aliphatic heterocycles. The quantitative estimate of drug-likeness (QED) is 0.649. The van der Waals surface area contributed by atoms with Gasteiger partial charge in [-0.3, -0.25) is 0 Å². The second kappa shape index (κ2) is 5.79. The molecule has 0 aromatic heterocycles. The minimum absolute atomic E-state index is 0.462. The minimum Gasteiger partial charge on any atom is -0.381 e. The molecule has 1 aliphatic rings. The Morgan fingerprint density at radius 3 is 2.94 bits per heavy atom. The van der Waals surface area contributed by atoms with E-state index < -0.39 is 0 Å². The van der Waals surface area contributed by atoms with Gasteiger partial charge in [0.05, 0.1) is 11.3 Å². The SMILES string of the molecule is CSc1cccc(NC2CC=CCC2)c1C#N. The second-order valence-corrected chi connectivity index (χ2v) is 4.97. The van der Waals surface area contributed by atoms with E-state index in [1.807, 2.05) is 24.5 Å². The highest BCUT2D eigenvalue weighted by Gasteiger charge is 2.13. The van der Waals surface area contributed by atoms with E-state index >= 15 is 0 Å². The molecule has 0 amide bonds. The lowest BCUT2D eigenvalue weighted by Crippen LogP contribution is -2.20. The standard InChI is InChI=1S/C14H16N2S/c1-17-14-9-5-8-13(12(14)10-15)16-11-6-3-2-4-7-11/h2-3,5,8-9,11,16H,4,6-7H2,1H3. The van der Waals surface area contributed by atoms with Gasteiger partial charge in [0.15, 0.2) is 0 Å². The lowest BCUT2D eigenvalue weighted by atomic mass is 10.0. The summed E-state index contributed by atoms with van der Waals surface area (Å²) in [6.07, 6.45) is 9.76. The average Bonchev–Trinajstić information content (AvgIpc) is 2.39. The number of allylic oxidation sites excluding steroid dienone is 1. The molecule has 1 unspecified atom stereocenters. The van der Waals surface area contributed by atoms with E-state index in [-0.39, 0.29) is 0 Å². The third kappa shape index (κ3) is 2.83. The Hall–Kier alpha value is -1.40. The molecular formula is C14H16N2S. The van der Waals surface area contributed by atoms with Gasteiger partial charge in [-0.15, -0.1) is 11.8 Å². The fourth-order valence-corrected chi connectivity index (χ4v) is 2.66. The summed E-state index contributed by atoms with van der Waals surface area (Å²) in [6.45, 7) is 0. The zero-order valence-electron chi connectivity index (χ0n) is 9.94. The summed E-state index contributed by atoms with van der Waals surface area (Å²) in [5, 5.41) is 12.7. The van der Waals surface area contributed by atoms with Gasteiger partial charge in [0, 0.05) is 10.9 Å². The van der Waals surface area contributed by atoms with Crippen molar-refractivity contribution in [2.75, 3.05) is 11.6 Å². The zero-order valence-corrected chi connectivity index (χ0v) is 10.8. The van der Waals surface area contributed by atoms with Crippen LogP contribution in [0.1, 0.15) is 24.8 Å². The van der Waals surface area contributed by atoms with Crippen molar-refractivity contribution in [1.82, 2.24) is 0 Å². The lowest BCUT2D eigenvalue weighted by molar-refractivity contribution is 0.644. The Morgan fingerprint density at radius 1 is 1.41 bits per heavy atom. The van der Waals surface area contributed by atoms with Crippen LogP contribution in [0.25, 0.3) is 0 Å². The summed E-state index contributed by atoms with van der Waals surface area (Å²) in [5.41, 5.74) is 1.74. The summed E-state index contributed by atoms with van der Waals surface area (Å²) < 4.78 is 0. The highest BCUT2D eigenvalue weighted by atomic mass is 32.2. The Labute approximate surface area is 107 Å². The van der Waals surface area contributed by atoms with Gasteiger partial charge in [-0.05, 0) is 37.7 Å². The van der Waals surface area contributed by atoms with Gasteiger partial charge >= 0.3 is 0 Å². The van der Waals surface area contributed by atoms with Crippen LogP contribution >= 0.6 is 11.8 Å². The number of anilines is 1. The molecule has 1 atom stereocenters.